The van der Waals surface area contributed by atoms with Crippen LogP contribution < -0.4 is 0 Å². The van der Waals surface area contributed by atoms with Crippen LogP contribution in [0.15, 0.2) is 12.7 Å². The maximum atomic E-state index is 3.78. The summed E-state index contributed by atoms with van der Waals surface area (Å²) in [7, 11) is 0. The minimum atomic E-state index is 0.720. The second kappa shape index (κ2) is 2.77. The van der Waals surface area contributed by atoms with Crippen LogP contribution in [0.1, 0.15) is 39.5 Å². The van der Waals surface area contributed by atoms with E-state index in [0.29, 0.717) is 0 Å². The van der Waals surface area contributed by atoms with Crippen LogP contribution in [0.2, 0.25) is 0 Å². The van der Waals surface area contributed by atoms with Gasteiger partial charge in [-0.2, -0.15) is 0 Å². The van der Waals surface area contributed by atoms with Crippen molar-refractivity contribution >= 4 is 0 Å². The molecular weight excluding hydrogens is 120 g/mol. The number of allylic oxidation sites excluding steroid dienone is 1. The topological polar surface area (TPSA) is 0 Å². The highest BCUT2D eigenvalue weighted by molar-refractivity contribution is 4.89. The molecule has 0 aliphatic heterocycles. The Morgan fingerprint density at radius 2 is 2.20 bits per heavy atom. The Morgan fingerprint density at radius 1 is 1.60 bits per heavy atom. The van der Waals surface area contributed by atoms with Crippen molar-refractivity contribution in [3.05, 3.63) is 12.7 Å². The molecule has 1 aliphatic rings. The molecule has 58 valence electrons. The normalized spacial score (nSPS) is 23.8. The Morgan fingerprint density at radius 3 is 2.60 bits per heavy atom. The van der Waals surface area contributed by atoms with Crippen LogP contribution in [0, 0.1) is 11.3 Å². The largest absolute Gasteiger partial charge is 0.103 e. The molecule has 1 unspecified atom stereocenters. The van der Waals surface area contributed by atoms with E-state index in [4.69, 9.17) is 0 Å². The van der Waals surface area contributed by atoms with Crippen molar-refractivity contribution in [2.24, 2.45) is 11.3 Å². The first-order valence-electron chi connectivity index (χ1n) is 4.29. The van der Waals surface area contributed by atoms with Gasteiger partial charge in [-0.3, -0.25) is 0 Å². The Bertz CT molecular complexity index is 120. The fourth-order valence-corrected chi connectivity index (χ4v) is 1.16. The molecule has 0 aromatic carbocycles. The summed E-state index contributed by atoms with van der Waals surface area (Å²) in [4.78, 5) is 0. The van der Waals surface area contributed by atoms with Crippen LogP contribution in [-0.4, -0.2) is 0 Å². The molecule has 1 aliphatic carbocycles. The second-order valence-electron chi connectivity index (χ2n) is 4.06. The van der Waals surface area contributed by atoms with Crippen molar-refractivity contribution < 1.29 is 0 Å². The molecule has 0 nitrogen and oxygen atoms in total. The fourth-order valence-electron chi connectivity index (χ4n) is 1.16. The lowest BCUT2D eigenvalue weighted by Crippen LogP contribution is -1.97. The third-order valence-corrected chi connectivity index (χ3v) is 2.71. The average Bonchev–Trinajstić information content (AvgIpc) is 2.64. The van der Waals surface area contributed by atoms with E-state index in [1.54, 1.807) is 0 Å². The zero-order valence-electron chi connectivity index (χ0n) is 7.19. The summed E-state index contributed by atoms with van der Waals surface area (Å²) in [6, 6.07) is 0. The SMILES string of the molecule is C=CC(C)CCC1(C)CC1. The van der Waals surface area contributed by atoms with Crippen molar-refractivity contribution in [2.75, 3.05) is 0 Å². The van der Waals surface area contributed by atoms with Gasteiger partial charge in [-0.1, -0.05) is 19.9 Å². The van der Waals surface area contributed by atoms with E-state index in [1.165, 1.54) is 25.7 Å². The molecule has 0 heteroatoms. The molecular formula is C10H18. The third kappa shape index (κ3) is 2.17. The first-order valence-corrected chi connectivity index (χ1v) is 4.29. The van der Waals surface area contributed by atoms with Crippen molar-refractivity contribution in [3.8, 4) is 0 Å². The Labute approximate surface area is 64.3 Å². The van der Waals surface area contributed by atoms with E-state index >= 15 is 0 Å². The second-order valence-corrected chi connectivity index (χ2v) is 4.06. The van der Waals surface area contributed by atoms with Gasteiger partial charge in [0.2, 0.25) is 0 Å². The van der Waals surface area contributed by atoms with Crippen LogP contribution >= 0.6 is 0 Å². The van der Waals surface area contributed by atoms with Gasteiger partial charge in [0.1, 0.15) is 0 Å². The highest BCUT2D eigenvalue weighted by atomic mass is 14.4. The van der Waals surface area contributed by atoms with Gasteiger partial charge in [0.15, 0.2) is 0 Å². The van der Waals surface area contributed by atoms with Crippen LogP contribution in [-0.2, 0) is 0 Å². The first-order chi connectivity index (χ1) is 4.66. The minimum absolute atomic E-state index is 0.720. The van der Waals surface area contributed by atoms with Crippen molar-refractivity contribution in [2.45, 2.75) is 39.5 Å². The van der Waals surface area contributed by atoms with Gasteiger partial charge in [-0.25, -0.2) is 0 Å². The lowest BCUT2D eigenvalue weighted by Gasteiger charge is -2.09. The molecule has 1 saturated carbocycles. The first kappa shape index (κ1) is 7.84. The summed E-state index contributed by atoms with van der Waals surface area (Å²) in [6.07, 6.45) is 7.71. The predicted octanol–water partition coefficient (Wildman–Crippen LogP) is 3.39. The molecule has 0 aromatic heterocycles. The minimum Gasteiger partial charge on any atom is -0.103 e. The number of hydrogen-bond acceptors (Lipinski definition) is 0. The van der Waals surface area contributed by atoms with E-state index in [0.717, 1.165) is 11.3 Å². The van der Waals surface area contributed by atoms with Gasteiger partial charge >= 0.3 is 0 Å². The molecule has 0 N–H and O–H groups in total. The molecule has 0 heterocycles. The Hall–Kier alpha value is -0.260. The molecule has 0 aromatic rings. The molecule has 0 saturated heterocycles. The van der Waals surface area contributed by atoms with Crippen LogP contribution in [0.4, 0.5) is 0 Å². The number of rotatable bonds is 4. The van der Waals surface area contributed by atoms with E-state index in [-0.39, 0.29) is 0 Å². The summed E-state index contributed by atoms with van der Waals surface area (Å²) in [5.41, 5.74) is 0.733. The summed E-state index contributed by atoms with van der Waals surface area (Å²) in [6.45, 7) is 8.42. The summed E-state index contributed by atoms with van der Waals surface area (Å²) >= 11 is 0. The van der Waals surface area contributed by atoms with Crippen LogP contribution in [0.5, 0.6) is 0 Å². The molecule has 0 radical (unpaired) electrons. The van der Waals surface area contributed by atoms with E-state index in [2.05, 4.69) is 26.5 Å². The molecule has 0 spiro atoms. The summed E-state index contributed by atoms with van der Waals surface area (Å²) in [5, 5.41) is 0. The van der Waals surface area contributed by atoms with Gasteiger partial charge in [-0.15, -0.1) is 6.58 Å². The monoisotopic (exact) mass is 138 g/mol. The zero-order chi connectivity index (χ0) is 7.61. The van der Waals surface area contributed by atoms with E-state index < -0.39 is 0 Å². The fraction of sp³-hybridized carbons (Fsp3) is 0.800. The highest BCUT2D eigenvalue weighted by Gasteiger charge is 2.36. The van der Waals surface area contributed by atoms with Crippen molar-refractivity contribution in [1.29, 1.82) is 0 Å². The summed E-state index contributed by atoms with van der Waals surface area (Å²) < 4.78 is 0. The van der Waals surface area contributed by atoms with Gasteiger partial charge in [0.05, 0.1) is 0 Å². The van der Waals surface area contributed by atoms with Crippen molar-refractivity contribution in [1.82, 2.24) is 0 Å². The molecule has 0 bridgehead atoms. The van der Waals surface area contributed by atoms with E-state index in [9.17, 15) is 0 Å². The lowest BCUT2D eigenvalue weighted by atomic mass is 9.96. The molecule has 0 amide bonds. The molecule has 1 rings (SSSR count). The van der Waals surface area contributed by atoms with Gasteiger partial charge in [-0.05, 0) is 37.0 Å². The number of hydrogen-bond donors (Lipinski definition) is 0. The molecule has 1 atom stereocenters. The molecule has 1 fully saturated rings. The smallest absolute Gasteiger partial charge is 0.0264 e. The van der Waals surface area contributed by atoms with Crippen LogP contribution in [0.25, 0.3) is 0 Å². The summed E-state index contributed by atoms with van der Waals surface area (Å²) in [5.74, 6) is 0.720. The van der Waals surface area contributed by atoms with Crippen LogP contribution in [0.3, 0.4) is 0 Å². The lowest BCUT2D eigenvalue weighted by molar-refractivity contribution is 0.455. The standard InChI is InChI=1S/C10H18/c1-4-9(2)5-6-10(3)7-8-10/h4,9H,1,5-8H2,2-3H3. The van der Waals surface area contributed by atoms with E-state index in [1.807, 2.05) is 0 Å². The van der Waals surface area contributed by atoms with Gasteiger partial charge in [0, 0.05) is 0 Å². The maximum Gasteiger partial charge on any atom is -0.0264 e. The average molecular weight is 138 g/mol. The Kier molecular flexibility index (Phi) is 2.18. The third-order valence-electron chi connectivity index (χ3n) is 2.71. The van der Waals surface area contributed by atoms with Gasteiger partial charge in [0.25, 0.3) is 0 Å². The highest BCUT2D eigenvalue weighted by Crippen LogP contribution is 2.49. The van der Waals surface area contributed by atoms with Crippen molar-refractivity contribution in [3.63, 3.8) is 0 Å². The zero-order valence-corrected chi connectivity index (χ0v) is 7.19. The predicted molar refractivity (Wildman–Crippen MR) is 45.9 cm³/mol. The Balaban J connectivity index is 2.10. The van der Waals surface area contributed by atoms with Gasteiger partial charge < -0.3 is 0 Å². The molecule has 10 heavy (non-hydrogen) atoms. The maximum absolute atomic E-state index is 3.78. The quantitative estimate of drug-likeness (QED) is 0.522.